The number of rotatable bonds is 8. The predicted octanol–water partition coefficient (Wildman–Crippen LogP) is -0.135. The lowest BCUT2D eigenvalue weighted by Gasteiger charge is -2.42. The van der Waals surface area contributed by atoms with E-state index in [0.717, 1.165) is 105 Å². The molecule has 3 aliphatic heterocycles. The van der Waals surface area contributed by atoms with Gasteiger partial charge in [0.25, 0.3) is 0 Å². The summed E-state index contributed by atoms with van der Waals surface area (Å²) in [5, 5.41) is 21.0. The molecule has 3 saturated heterocycles. The van der Waals surface area contributed by atoms with Crippen LogP contribution in [0.25, 0.3) is 0 Å². The molecule has 0 aromatic heterocycles. The number of aliphatic hydroxyl groups excluding tert-OH is 2. The van der Waals surface area contributed by atoms with Gasteiger partial charge in [0, 0.05) is 45.8 Å². The van der Waals surface area contributed by atoms with E-state index in [1.54, 1.807) is 0 Å². The van der Waals surface area contributed by atoms with Crippen LogP contribution in [0.1, 0.15) is 26.2 Å². The second-order valence-corrected chi connectivity index (χ2v) is 8.95. The summed E-state index contributed by atoms with van der Waals surface area (Å²) in [7, 11) is 0. The molecule has 3 rings (SSSR count). The summed E-state index contributed by atoms with van der Waals surface area (Å²) in [6, 6.07) is 0. The van der Waals surface area contributed by atoms with Crippen LogP contribution in [-0.2, 0) is 9.47 Å². The van der Waals surface area contributed by atoms with Gasteiger partial charge in [-0.25, -0.2) is 0 Å². The first-order chi connectivity index (χ1) is 13.0. The largest absolute Gasteiger partial charge is 0.392 e. The third-order valence-corrected chi connectivity index (χ3v) is 6.41. The third kappa shape index (κ3) is 7.24. The van der Waals surface area contributed by atoms with E-state index in [2.05, 4.69) is 21.6 Å². The Labute approximate surface area is 164 Å². The quantitative estimate of drug-likeness (QED) is 0.603. The first-order valence-electron chi connectivity index (χ1n) is 10.7. The average Bonchev–Trinajstić information content (AvgIpc) is 2.65. The highest BCUT2D eigenvalue weighted by Gasteiger charge is 2.33. The topological polar surface area (TPSA) is 68.6 Å². The van der Waals surface area contributed by atoms with E-state index >= 15 is 0 Å². The average molecular weight is 386 g/mol. The van der Waals surface area contributed by atoms with Gasteiger partial charge in [-0.3, -0.25) is 9.80 Å². The normalized spacial score (nSPS) is 28.1. The van der Waals surface area contributed by atoms with Gasteiger partial charge < -0.3 is 24.6 Å². The van der Waals surface area contributed by atoms with Crippen LogP contribution in [-0.4, -0.2) is 122 Å². The molecule has 2 N–H and O–H groups in total. The number of morpholine rings is 2. The lowest BCUT2D eigenvalue weighted by atomic mass is 9.76. The van der Waals surface area contributed by atoms with Gasteiger partial charge in [-0.1, -0.05) is 6.92 Å². The fourth-order valence-corrected chi connectivity index (χ4v) is 4.63. The Morgan fingerprint density at radius 2 is 1.11 bits per heavy atom. The molecule has 0 spiro atoms. The van der Waals surface area contributed by atoms with Gasteiger partial charge in [0.15, 0.2) is 0 Å². The molecular weight excluding hydrogens is 346 g/mol. The summed E-state index contributed by atoms with van der Waals surface area (Å²) in [5.41, 5.74) is 0.206. The summed E-state index contributed by atoms with van der Waals surface area (Å²) in [4.78, 5) is 7.00. The minimum atomic E-state index is -0.292. The fraction of sp³-hybridized carbons (Fsp3) is 1.00. The van der Waals surface area contributed by atoms with E-state index in [-0.39, 0.29) is 17.6 Å². The molecule has 0 aromatic carbocycles. The molecule has 3 fully saturated rings. The van der Waals surface area contributed by atoms with Crippen molar-refractivity contribution in [2.75, 3.05) is 85.3 Å². The second-order valence-electron chi connectivity index (χ2n) is 8.95. The Kier molecular flexibility index (Phi) is 8.32. The molecule has 2 unspecified atom stereocenters. The highest BCUT2D eigenvalue weighted by molar-refractivity contribution is 4.86. The third-order valence-electron chi connectivity index (χ3n) is 6.41. The highest BCUT2D eigenvalue weighted by atomic mass is 16.5. The molecule has 0 aromatic rings. The zero-order chi connectivity index (χ0) is 19.1. The van der Waals surface area contributed by atoms with Crippen LogP contribution in [0.5, 0.6) is 0 Å². The van der Waals surface area contributed by atoms with E-state index < -0.39 is 0 Å². The van der Waals surface area contributed by atoms with Crippen molar-refractivity contribution in [2.24, 2.45) is 5.41 Å². The van der Waals surface area contributed by atoms with Crippen molar-refractivity contribution in [1.29, 1.82) is 0 Å². The Morgan fingerprint density at radius 1 is 0.704 bits per heavy atom. The van der Waals surface area contributed by atoms with Crippen LogP contribution in [0, 0.1) is 5.41 Å². The van der Waals surface area contributed by atoms with Gasteiger partial charge in [-0.2, -0.15) is 0 Å². The van der Waals surface area contributed by atoms with Crippen LogP contribution in [0.2, 0.25) is 0 Å². The molecule has 2 atom stereocenters. The van der Waals surface area contributed by atoms with Crippen molar-refractivity contribution in [3.63, 3.8) is 0 Å². The Hall–Kier alpha value is -0.280. The maximum Gasteiger partial charge on any atom is 0.0793 e. The summed E-state index contributed by atoms with van der Waals surface area (Å²) in [6.45, 7) is 13.5. The summed E-state index contributed by atoms with van der Waals surface area (Å²) >= 11 is 0. The molecule has 0 bridgehead atoms. The molecule has 7 heteroatoms. The van der Waals surface area contributed by atoms with E-state index in [1.807, 2.05) is 0 Å². The summed E-state index contributed by atoms with van der Waals surface area (Å²) < 4.78 is 10.8. The number of β-amino-alcohol motifs (C(OH)–C–C–N with tert-alkyl or cyclic N) is 2. The monoisotopic (exact) mass is 385 g/mol. The van der Waals surface area contributed by atoms with Crippen molar-refractivity contribution in [3.8, 4) is 0 Å². The zero-order valence-corrected chi connectivity index (χ0v) is 17.0. The van der Waals surface area contributed by atoms with Gasteiger partial charge in [0.2, 0.25) is 0 Å². The standard InChI is InChI=1S/C20H39N3O4/c1-20(14-18(24)15-22-6-10-26-11-7-22)2-4-21(5-3-20)16-19(25)17-23-8-12-27-13-9-23/h18-19,24-25H,2-17H2,1H3. The van der Waals surface area contributed by atoms with Gasteiger partial charge in [0.1, 0.15) is 0 Å². The zero-order valence-electron chi connectivity index (χ0n) is 17.0. The van der Waals surface area contributed by atoms with Crippen molar-refractivity contribution < 1.29 is 19.7 Å². The van der Waals surface area contributed by atoms with Crippen molar-refractivity contribution in [2.45, 2.75) is 38.4 Å². The van der Waals surface area contributed by atoms with Gasteiger partial charge in [0.05, 0.1) is 38.6 Å². The minimum Gasteiger partial charge on any atom is -0.392 e. The molecule has 3 aliphatic rings. The number of nitrogens with zero attached hydrogens (tertiary/aromatic N) is 3. The first kappa shape index (κ1) is 21.4. The fourth-order valence-electron chi connectivity index (χ4n) is 4.63. The molecule has 0 aliphatic carbocycles. The van der Waals surface area contributed by atoms with E-state index in [4.69, 9.17) is 9.47 Å². The number of piperidine rings is 1. The van der Waals surface area contributed by atoms with Crippen molar-refractivity contribution in [3.05, 3.63) is 0 Å². The van der Waals surface area contributed by atoms with Crippen LogP contribution < -0.4 is 0 Å². The minimum absolute atomic E-state index is 0.206. The Morgan fingerprint density at radius 3 is 1.59 bits per heavy atom. The predicted molar refractivity (Wildman–Crippen MR) is 105 cm³/mol. The molecule has 3 heterocycles. The number of ether oxygens (including phenoxy) is 2. The molecule has 0 radical (unpaired) electrons. The Balaban J connectivity index is 1.34. The maximum absolute atomic E-state index is 10.6. The lowest BCUT2D eigenvalue weighted by molar-refractivity contribution is -0.0137. The molecular formula is C20H39N3O4. The number of hydrogen-bond acceptors (Lipinski definition) is 7. The SMILES string of the molecule is CC1(CC(O)CN2CCOCC2)CCN(CC(O)CN2CCOCC2)CC1. The molecule has 0 amide bonds. The molecule has 7 nitrogen and oxygen atoms in total. The van der Waals surface area contributed by atoms with Crippen LogP contribution in [0.15, 0.2) is 0 Å². The Bertz CT molecular complexity index is 419. The summed E-state index contributed by atoms with van der Waals surface area (Å²) in [6.07, 6.45) is 2.51. The summed E-state index contributed by atoms with van der Waals surface area (Å²) in [5.74, 6) is 0. The van der Waals surface area contributed by atoms with E-state index in [0.29, 0.717) is 0 Å². The molecule has 27 heavy (non-hydrogen) atoms. The van der Waals surface area contributed by atoms with E-state index in [1.165, 1.54) is 0 Å². The smallest absolute Gasteiger partial charge is 0.0793 e. The van der Waals surface area contributed by atoms with Gasteiger partial charge in [-0.15, -0.1) is 0 Å². The van der Waals surface area contributed by atoms with Gasteiger partial charge in [-0.05, 0) is 37.8 Å². The number of hydrogen-bond donors (Lipinski definition) is 2. The lowest BCUT2D eigenvalue weighted by Crippen LogP contribution is -2.48. The maximum atomic E-state index is 10.6. The second kappa shape index (κ2) is 10.5. The van der Waals surface area contributed by atoms with Crippen molar-refractivity contribution in [1.82, 2.24) is 14.7 Å². The van der Waals surface area contributed by atoms with Crippen LogP contribution in [0.4, 0.5) is 0 Å². The first-order valence-corrected chi connectivity index (χ1v) is 10.7. The van der Waals surface area contributed by atoms with Crippen LogP contribution in [0.3, 0.4) is 0 Å². The number of aliphatic hydroxyl groups is 2. The van der Waals surface area contributed by atoms with E-state index in [9.17, 15) is 10.2 Å². The van der Waals surface area contributed by atoms with Gasteiger partial charge >= 0.3 is 0 Å². The van der Waals surface area contributed by atoms with Crippen LogP contribution >= 0.6 is 0 Å². The van der Waals surface area contributed by atoms with Crippen molar-refractivity contribution >= 4 is 0 Å². The molecule has 158 valence electrons. The molecule has 0 saturated carbocycles. The number of likely N-dealkylation sites (tertiary alicyclic amines) is 1. The highest BCUT2D eigenvalue weighted by Crippen LogP contribution is 2.35.